The summed E-state index contributed by atoms with van der Waals surface area (Å²) in [6, 6.07) is 0. The van der Waals surface area contributed by atoms with Gasteiger partial charge in [-0.2, -0.15) is 0 Å². The first-order valence-electron chi connectivity index (χ1n) is 4.54. The number of hydrogen-bond donors (Lipinski definition) is 1. The molecule has 80 valence electrons. The van der Waals surface area contributed by atoms with Crippen LogP contribution >= 0.6 is 0 Å². The normalized spacial score (nSPS) is 11.9. The largest absolute Gasteiger partial charge is 0.463 e. The first-order valence-corrected chi connectivity index (χ1v) is 4.54. The van der Waals surface area contributed by atoms with Crippen LogP contribution < -0.4 is 0 Å². The Kier molecular flexibility index (Phi) is 6.66. The Labute approximate surface area is 83.6 Å². The van der Waals surface area contributed by atoms with Gasteiger partial charge in [0.2, 0.25) is 0 Å². The molecule has 0 aromatic carbocycles. The summed E-state index contributed by atoms with van der Waals surface area (Å²) in [6.07, 6.45) is 1.90. The van der Waals surface area contributed by atoms with E-state index in [1.807, 2.05) is 0 Å². The van der Waals surface area contributed by atoms with Gasteiger partial charge in [0.15, 0.2) is 5.78 Å². The van der Waals surface area contributed by atoms with Crippen LogP contribution in [0.1, 0.15) is 19.8 Å². The highest BCUT2D eigenvalue weighted by atomic mass is 16.5. The van der Waals surface area contributed by atoms with E-state index < -0.39 is 0 Å². The first-order chi connectivity index (χ1) is 6.61. The fourth-order valence-electron chi connectivity index (χ4n) is 0.909. The van der Waals surface area contributed by atoms with Crippen molar-refractivity contribution >= 4 is 11.8 Å². The lowest BCUT2D eigenvalue weighted by Crippen LogP contribution is -2.13. The highest BCUT2D eigenvalue weighted by molar-refractivity contribution is 5.91. The van der Waals surface area contributed by atoms with Crippen molar-refractivity contribution in [2.24, 2.45) is 5.92 Å². The van der Waals surface area contributed by atoms with Gasteiger partial charge in [-0.25, -0.2) is 0 Å². The zero-order valence-corrected chi connectivity index (χ0v) is 8.36. The summed E-state index contributed by atoms with van der Waals surface area (Å²) in [4.78, 5) is 22.0. The smallest absolute Gasteiger partial charge is 0.305 e. The lowest BCUT2D eigenvalue weighted by atomic mass is 10.0. The second-order valence-corrected chi connectivity index (χ2v) is 2.99. The number of ketones is 1. The van der Waals surface area contributed by atoms with Crippen LogP contribution in [0.15, 0.2) is 12.7 Å². The Bertz CT molecular complexity index is 210. The standard InChI is InChI=1S/C10H16O4/c1-3-9(12)8(2)4-5-10(13)14-7-6-11/h3,8,11H,1,4-7H2,2H3. The zero-order valence-electron chi connectivity index (χ0n) is 8.36. The van der Waals surface area contributed by atoms with Crippen LogP contribution in [0.2, 0.25) is 0 Å². The maximum atomic E-state index is 11.0. The summed E-state index contributed by atoms with van der Waals surface area (Å²) in [7, 11) is 0. The second-order valence-electron chi connectivity index (χ2n) is 2.99. The predicted molar refractivity (Wildman–Crippen MR) is 51.6 cm³/mol. The Hall–Kier alpha value is -1.16. The summed E-state index contributed by atoms with van der Waals surface area (Å²) >= 11 is 0. The molecule has 14 heavy (non-hydrogen) atoms. The highest BCUT2D eigenvalue weighted by Gasteiger charge is 2.12. The van der Waals surface area contributed by atoms with Gasteiger partial charge in [0.1, 0.15) is 6.61 Å². The minimum atomic E-state index is -0.386. The fourth-order valence-corrected chi connectivity index (χ4v) is 0.909. The van der Waals surface area contributed by atoms with E-state index >= 15 is 0 Å². The molecule has 0 spiro atoms. The molecule has 4 nitrogen and oxygen atoms in total. The molecule has 1 N–H and O–H groups in total. The Morgan fingerprint density at radius 2 is 2.21 bits per heavy atom. The molecule has 0 bridgehead atoms. The quantitative estimate of drug-likeness (QED) is 0.485. The van der Waals surface area contributed by atoms with Crippen molar-refractivity contribution in [2.75, 3.05) is 13.2 Å². The third-order valence-corrected chi connectivity index (χ3v) is 1.82. The molecule has 0 aromatic rings. The molecule has 0 fully saturated rings. The van der Waals surface area contributed by atoms with Gasteiger partial charge < -0.3 is 9.84 Å². The molecule has 4 heteroatoms. The van der Waals surface area contributed by atoms with Gasteiger partial charge in [-0.1, -0.05) is 13.5 Å². The first kappa shape index (κ1) is 12.8. The Morgan fingerprint density at radius 1 is 1.57 bits per heavy atom. The molecule has 0 aromatic heterocycles. The summed E-state index contributed by atoms with van der Waals surface area (Å²) in [5.74, 6) is -0.656. The van der Waals surface area contributed by atoms with Crippen LogP contribution in [0.5, 0.6) is 0 Å². The number of ether oxygens (including phenoxy) is 1. The van der Waals surface area contributed by atoms with E-state index in [1.54, 1.807) is 6.92 Å². The van der Waals surface area contributed by atoms with Crippen molar-refractivity contribution < 1.29 is 19.4 Å². The average molecular weight is 200 g/mol. The second kappa shape index (κ2) is 7.26. The molecule has 0 aliphatic rings. The molecule has 0 aliphatic carbocycles. The molecule has 0 rings (SSSR count). The number of esters is 1. The molecule has 0 heterocycles. The van der Waals surface area contributed by atoms with Crippen LogP contribution in [-0.2, 0) is 14.3 Å². The van der Waals surface area contributed by atoms with E-state index in [1.165, 1.54) is 6.08 Å². The minimum Gasteiger partial charge on any atom is -0.463 e. The predicted octanol–water partition coefficient (Wildman–Crippen LogP) is 0.693. The molecule has 0 radical (unpaired) electrons. The van der Waals surface area contributed by atoms with Gasteiger partial charge in [0.05, 0.1) is 6.61 Å². The number of aliphatic hydroxyl groups excluding tert-OH is 1. The van der Waals surface area contributed by atoms with Crippen LogP contribution in [0.3, 0.4) is 0 Å². The summed E-state index contributed by atoms with van der Waals surface area (Å²) in [6.45, 7) is 4.94. The topological polar surface area (TPSA) is 63.6 Å². The maximum absolute atomic E-state index is 11.0. The number of rotatable bonds is 7. The van der Waals surface area contributed by atoms with E-state index in [9.17, 15) is 9.59 Å². The molecular weight excluding hydrogens is 184 g/mol. The minimum absolute atomic E-state index is 0.0165. The van der Waals surface area contributed by atoms with Gasteiger partial charge >= 0.3 is 5.97 Å². The molecule has 0 saturated carbocycles. The van der Waals surface area contributed by atoms with Crippen LogP contribution in [-0.4, -0.2) is 30.1 Å². The number of aliphatic hydroxyl groups is 1. The summed E-state index contributed by atoms with van der Waals surface area (Å²) in [5.41, 5.74) is 0. The molecule has 0 aliphatic heterocycles. The number of carbonyl (C=O) groups is 2. The average Bonchev–Trinajstić information content (AvgIpc) is 2.21. The fraction of sp³-hybridized carbons (Fsp3) is 0.600. The Morgan fingerprint density at radius 3 is 2.71 bits per heavy atom. The van der Waals surface area contributed by atoms with Gasteiger partial charge in [-0.05, 0) is 12.5 Å². The number of carbonyl (C=O) groups excluding carboxylic acids is 2. The van der Waals surface area contributed by atoms with Crippen molar-refractivity contribution in [3.05, 3.63) is 12.7 Å². The SMILES string of the molecule is C=CC(=O)C(C)CCC(=O)OCCO. The van der Waals surface area contributed by atoms with Gasteiger partial charge in [-0.15, -0.1) is 0 Å². The molecule has 0 amide bonds. The molecule has 1 atom stereocenters. The number of hydrogen-bond acceptors (Lipinski definition) is 4. The molecule has 1 unspecified atom stereocenters. The van der Waals surface area contributed by atoms with Crippen LogP contribution in [0.25, 0.3) is 0 Å². The lowest BCUT2D eigenvalue weighted by molar-refractivity contribution is -0.145. The lowest BCUT2D eigenvalue weighted by Gasteiger charge is -2.06. The van der Waals surface area contributed by atoms with Crippen molar-refractivity contribution in [3.8, 4) is 0 Å². The third kappa shape index (κ3) is 5.48. The van der Waals surface area contributed by atoms with Crippen LogP contribution in [0.4, 0.5) is 0 Å². The number of allylic oxidation sites excluding steroid dienone is 1. The maximum Gasteiger partial charge on any atom is 0.305 e. The molecular formula is C10H16O4. The van der Waals surface area contributed by atoms with Crippen molar-refractivity contribution in [1.29, 1.82) is 0 Å². The van der Waals surface area contributed by atoms with E-state index in [2.05, 4.69) is 11.3 Å². The van der Waals surface area contributed by atoms with E-state index in [0.29, 0.717) is 6.42 Å². The zero-order chi connectivity index (χ0) is 11.0. The van der Waals surface area contributed by atoms with E-state index in [-0.39, 0.29) is 37.3 Å². The summed E-state index contributed by atoms with van der Waals surface area (Å²) in [5, 5.41) is 8.37. The van der Waals surface area contributed by atoms with Gasteiger partial charge in [-0.3, -0.25) is 9.59 Å². The molecule has 0 saturated heterocycles. The van der Waals surface area contributed by atoms with Crippen molar-refractivity contribution in [3.63, 3.8) is 0 Å². The summed E-state index contributed by atoms with van der Waals surface area (Å²) < 4.78 is 4.63. The van der Waals surface area contributed by atoms with Gasteiger partial charge in [0, 0.05) is 12.3 Å². The van der Waals surface area contributed by atoms with Crippen LogP contribution in [0, 0.1) is 5.92 Å². The van der Waals surface area contributed by atoms with Crippen molar-refractivity contribution in [2.45, 2.75) is 19.8 Å². The Balaban J connectivity index is 3.65. The highest BCUT2D eigenvalue weighted by Crippen LogP contribution is 2.07. The third-order valence-electron chi connectivity index (χ3n) is 1.82. The van der Waals surface area contributed by atoms with E-state index in [0.717, 1.165) is 0 Å². The monoisotopic (exact) mass is 200 g/mol. The van der Waals surface area contributed by atoms with Crippen molar-refractivity contribution in [1.82, 2.24) is 0 Å². The van der Waals surface area contributed by atoms with Gasteiger partial charge in [0.25, 0.3) is 0 Å². The van der Waals surface area contributed by atoms with E-state index in [4.69, 9.17) is 5.11 Å².